The molecule has 0 aliphatic heterocycles. The van der Waals surface area contributed by atoms with Gasteiger partial charge < -0.3 is 9.88 Å². The van der Waals surface area contributed by atoms with Gasteiger partial charge in [-0.25, -0.2) is 9.97 Å². The van der Waals surface area contributed by atoms with E-state index in [1.54, 1.807) is 12.4 Å². The van der Waals surface area contributed by atoms with Crippen molar-refractivity contribution in [3.63, 3.8) is 0 Å². The van der Waals surface area contributed by atoms with E-state index in [2.05, 4.69) is 20.3 Å². The maximum absolute atomic E-state index is 12.5. The van der Waals surface area contributed by atoms with Gasteiger partial charge >= 0.3 is 0 Å². The second kappa shape index (κ2) is 7.05. The Morgan fingerprint density at radius 2 is 2.08 bits per heavy atom. The van der Waals surface area contributed by atoms with E-state index in [9.17, 15) is 4.79 Å². The Bertz CT molecular complexity index is 1050. The predicted octanol–water partition coefficient (Wildman–Crippen LogP) is 3.76. The minimum atomic E-state index is -0.116. The van der Waals surface area contributed by atoms with E-state index in [-0.39, 0.29) is 12.5 Å². The number of rotatable bonds is 5. The van der Waals surface area contributed by atoms with Crippen LogP contribution in [-0.2, 0) is 17.8 Å². The summed E-state index contributed by atoms with van der Waals surface area (Å²) in [7, 11) is 0. The molecule has 0 atom stereocenters. The number of imidazole rings is 1. The fourth-order valence-corrected chi connectivity index (χ4v) is 3.59. The largest absolute Gasteiger partial charge is 0.318 e. The second-order valence-electron chi connectivity index (χ2n) is 5.78. The van der Waals surface area contributed by atoms with E-state index in [4.69, 9.17) is 0 Å². The van der Waals surface area contributed by atoms with Gasteiger partial charge in [0, 0.05) is 29.8 Å². The highest BCUT2D eigenvalue weighted by molar-refractivity contribution is 7.14. The molecule has 0 saturated carbocycles. The van der Waals surface area contributed by atoms with Crippen LogP contribution in [0.25, 0.3) is 22.3 Å². The monoisotopic (exact) mass is 363 g/mol. The van der Waals surface area contributed by atoms with Crippen molar-refractivity contribution in [2.75, 3.05) is 5.32 Å². The van der Waals surface area contributed by atoms with Crippen molar-refractivity contribution in [2.24, 2.45) is 0 Å². The molecule has 0 aliphatic carbocycles. The van der Waals surface area contributed by atoms with Crippen LogP contribution in [-0.4, -0.2) is 25.4 Å². The number of hydrogen-bond acceptors (Lipinski definition) is 5. The molecule has 0 bridgehead atoms. The Morgan fingerprint density at radius 3 is 2.88 bits per heavy atom. The number of pyridine rings is 1. The lowest BCUT2D eigenvalue weighted by molar-refractivity contribution is -0.116. The molecule has 1 N–H and O–H groups in total. The van der Waals surface area contributed by atoms with Crippen molar-refractivity contribution >= 4 is 33.4 Å². The number of amides is 1. The molecule has 1 amide bonds. The lowest BCUT2D eigenvalue weighted by Crippen LogP contribution is -2.20. The number of hydrogen-bond donors (Lipinski definition) is 1. The predicted molar refractivity (Wildman–Crippen MR) is 103 cm³/mol. The number of fused-ring (bicyclic) bond motifs is 1. The number of anilines is 1. The third-order valence-electron chi connectivity index (χ3n) is 4.06. The van der Waals surface area contributed by atoms with Crippen LogP contribution in [0.5, 0.6) is 0 Å². The number of carbonyl (C=O) groups excluding carboxylic acids is 1. The molecule has 4 aromatic rings. The molecule has 7 heteroatoms. The molecule has 6 nitrogen and oxygen atoms in total. The van der Waals surface area contributed by atoms with Crippen LogP contribution < -0.4 is 5.32 Å². The quantitative estimate of drug-likeness (QED) is 0.586. The first-order valence-corrected chi connectivity index (χ1v) is 9.22. The lowest BCUT2D eigenvalue weighted by atomic mass is 10.2. The molecule has 0 spiro atoms. The van der Waals surface area contributed by atoms with Gasteiger partial charge in [-0.1, -0.05) is 19.1 Å². The van der Waals surface area contributed by atoms with Crippen molar-refractivity contribution in [3.8, 4) is 11.3 Å². The molecule has 0 radical (unpaired) electrons. The molecule has 0 saturated heterocycles. The SMILES string of the molecule is CCc1nc2ccccc2n1CC(=O)Nc1nc(-c2cccnc2)cs1. The molecule has 130 valence electrons. The number of thiazole rings is 1. The van der Waals surface area contributed by atoms with Gasteiger partial charge in [-0.3, -0.25) is 9.78 Å². The number of aryl methyl sites for hydroxylation is 1. The number of aromatic nitrogens is 4. The first-order valence-electron chi connectivity index (χ1n) is 8.34. The normalized spacial score (nSPS) is 11.0. The average Bonchev–Trinajstić information content (AvgIpc) is 3.27. The van der Waals surface area contributed by atoms with Crippen LogP contribution in [0, 0.1) is 0 Å². The minimum Gasteiger partial charge on any atom is -0.318 e. The average molecular weight is 363 g/mol. The number of benzene rings is 1. The van der Waals surface area contributed by atoms with E-state index < -0.39 is 0 Å². The summed E-state index contributed by atoms with van der Waals surface area (Å²) in [5.41, 5.74) is 3.61. The fourth-order valence-electron chi connectivity index (χ4n) is 2.85. The minimum absolute atomic E-state index is 0.116. The summed E-state index contributed by atoms with van der Waals surface area (Å²) in [6.07, 6.45) is 4.25. The van der Waals surface area contributed by atoms with Crippen molar-refractivity contribution in [2.45, 2.75) is 19.9 Å². The maximum Gasteiger partial charge on any atom is 0.246 e. The molecule has 0 fully saturated rings. The van der Waals surface area contributed by atoms with Crippen LogP contribution >= 0.6 is 11.3 Å². The van der Waals surface area contributed by atoms with Gasteiger partial charge in [0.05, 0.1) is 16.7 Å². The Labute approximate surface area is 154 Å². The summed E-state index contributed by atoms with van der Waals surface area (Å²) in [6.45, 7) is 2.25. The van der Waals surface area contributed by atoms with Crippen molar-refractivity contribution in [1.29, 1.82) is 0 Å². The molecule has 26 heavy (non-hydrogen) atoms. The molecule has 3 aromatic heterocycles. The van der Waals surface area contributed by atoms with Crippen molar-refractivity contribution in [1.82, 2.24) is 19.5 Å². The van der Waals surface area contributed by atoms with Crippen LogP contribution in [0.3, 0.4) is 0 Å². The second-order valence-corrected chi connectivity index (χ2v) is 6.64. The van der Waals surface area contributed by atoms with E-state index in [0.717, 1.165) is 34.5 Å². The number of para-hydroxylation sites is 2. The van der Waals surface area contributed by atoms with E-state index in [0.29, 0.717) is 5.13 Å². The van der Waals surface area contributed by atoms with E-state index >= 15 is 0 Å². The summed E-state index contributed by atoms with van der Waals surface area (Å²) in [5, 5.41) is 5.38. The maximum atomic E-state index is 12.5. The Hall–Kier alpha value is -3.06. The van der Waals surface area contributed by atoms with Crippen LogP contribution in [0.2, 0.25) is 0 Å². The summed E-state index contributed by atoms with van der Waals surface area (Å²) < 4.78 is 1.96. The molecule has 0 unspecified atom stereocenters. The first kappa shape index (κ1) is 16.4. The summed E-state index contributed by atoms with van der Waals surface area (Å²) >= 11 is 1.40. The standard InChI is InChI=1S/C19H17N5OS/c1-2-17-21-14-7-3-4-8-16(14)24(17)11-18(25)23-19-22-15(12-26-19)13-6-5-9-20-10-13/h3-10,12H,2,11H2,1H3,(H,22,23,25). The summed E-state index contributed by atoms with van der Waals surface area (Å²) in [5.74, 6) is 0.784. The zero-order valence-corrected chi connectivity index (χ0v) is 15.0. The number of nitrogens with one attached hydrogen (secondary N) is 1. The topological polar surface area (TPSA) is 72.7 Å². The molecule has 3 heterocycles. The highest BCUT2D eigenvalue weighted by Gasteiger charge is 2.14. The highest BCUT2D eigenvalue weighted by Crippen LogP contribution is 2.24. The number of carbonyl (C=O) groups is 1. The van der Waals surface area contributed by atoms with Crippen LogP contribution in [0.15, 0.2) is 54.2 Å². The molecule has 0 aliphatic rings. The Morgan fingerprint density at radius 1 is 1.19 bits per heavy atom. The fraction of sp³-hybridized carbons (Fsp3) is 0.158. The van der Waals surface area contributed by atoms with Crippen molar-refractivity contribution in [3.05, 3.63) is 60.0 Å². The Balaban J connectivity index is 1.52. The summed E-state index contributed by atoms with van der Waals surface area (Å²) in [6, 6.07) is 11.7. The van der Waals surface area contributed by atoms with Gasteiger partial charge in [-0.2, -0.15) is 0 Å². The van der Waals surface area contributed by atoms with Gasteiger partial charge in [0.25, 0.3) is 0 Å². The lowest BCUT2D eigenvalue weighted by Gasteiger charge is -2.07. The van der Waals surface area contributed by atoms with Gasteiger partial charge in [-0.15, -0.1) is 11.3 Å². The van der Waals surface area contributed by atoms with Gasteiger partial charge in [0.2, 0.25) is 5.91 Å². The third-order valence-corrected chi connectivity index (χ3v) is 4.82. The molecular formula is C19H17N5OS. The van der Waals surface area contributed by atoms with Gasteiger partial charge in [-0.05, 0) is 24.3 Å². The third kappa shape index (κ3) is 3.21. The van der Waals surface area contributed by atoms with Crippen molar-refractivity contribution < 1.29 is 4.79 Å². The molecule has 1 aromatic carbocycles. The van der Waals surface area contributed by atoms with Gasteiger partial charge in [0.15, 0.2) is 5.13 Å². The van der Waals surface area contributed by atoms with Gasteiger partial charge in [0.1, 0.15) is 12.4 Å². The summed E-state index contributed by atoms with van der Waals surface area (Å²) in [4.78, 5) is 25.7. The van der Waals surface area contributed by atoms with Crippen LogP contribution in [0.4, 0.5) is 5.13 Å². The van der Waals surface area contributed by atoms with E-state index in [1.807, 2.05) is 53.3 Å². The zero-order chi connectivity index (χ0) is 17.9. The highest BCUT2D eigenvalue weighted by atomic mass is 32.1. The zero-order valence-electron chi connectivity index (χ0n) is 14.2. The first-order chi connectivity index (χ1) is 12.7. The van der Waals surface area contributed by atoms with E-state index in [1.165, 1.54) is 11.3 Å². The number of nitrogens with zero attached hydrogens (tertiary/aromatic N) is 4. The smallest absolute Gasteiger partial charge is 0.246 e. The molecule has 4 rings (SSSR count). The van der Waals surface area contributed by atoms with Crippen LogP contribution in [0.1, 0.15) is 12.7 Å². The Kier molecular flexibility index (Phi) is 4.45. The molecular weight excluding hydrogens is 346 g/mol.